The molecule has 0 aliphatic carbocycles. The zero-order valence-electron chi connectivity index (χ0n) is 13.3. The first-order valence-electron chi connectivity index (χ1n) is 7.85. The van der Waals surface area contributed by atoms with E-state index < -0.39 is 0 Å². The van der Waals surface area contributed by atoms with Crippen LogP contribution >= 0.6 is 0 Å². The first-order chi connectivity index (χ1) is 11.8. The van der Waals surface area contributed by atoms with E-state index >= 15 is 0 Å². The summed E-state index contributed by atoms with van der Waals surface area (Å²) in [6, 6.07) is 12.2. The minimum absolute atomic E-state index is 0.708. The molecular weight excluding hydrogens is 302 g/mol. The Balaban J connectivity index is 1.53. The topological polar surface area (TPSA) is 72.9 Å². The lowest BCUT2D eigenvalue weighted by Crippen LogP contribution is -2.07. The second-order valence-corrected chi connectivity index (χ2v) is 5.45. The third-order valence-corrected chi connectivity index (χ3v) is 3.87. The Morgan fingerprint density at radius 3 is 2.71 bits per heavy atom. The molecule has 0 fully saturated rings. The summed E-state index contributed by atoms with van der Waals surface area (Å²) in [4.78, 5) is 8.52. The molecule has 3 heterocycles. The van der Waals surface area contributed by atoms with Gasteiger partial charge >= 0.3 is 0 Å². The van der Waals surface area contributed by atoms with E-state index in [1.54, 1.807) is 17.2 Å². The maximum atomic E-state index is 4.55. The van der Waals surface area contributed by atoms with Crippen LogP contribution in [0, 0.1) is 0 Å². The quantitative estimate of drug-likeness (QED) is 0.612. The van der Waals surface area contributed by atoms with Crippen molar-refractivity contribution in [2.75, 3.05) is 5.32 Å². The molecule has 3 aromatic heterocycles. The molecule has 0 aliphatic heterocycles. The lowest BCUT2D eigenvalue weighted by Gasteiger charge is -2.10. The molecule has 0 spiro atoms. The largest absolute Gasteiger partial charge is 0.366 e. The maximum Gasteiger partial charge on any atom is 0.157 e. The van der Waals surface area contributed by atoms with Gasteiger partial charge in [-0.3, -0.25) is 0 Å². The van der Waals surface area contributed by atoms with Crippen molar-refractivity contribution in [3.8, 4) is 5.69 Å². The minimum atomic E-state index is 0.708. The summed E-state index contributed by atoms with van der Waals surface area (Å²) < 4.78 is 3.56. The second kappa shape index (κ2) is 6.11. The van der Waals surface area contributed by atoms with Crippen molar-refractivity contribution in [1.82, 2.24) is 29.4 Å². The standard InChI is InChI=1S/C17H17N7/c1-2-14-9-17(24-16(22-14)7-8-20-24)19-10-13-3-5-15(6-4-13)23-12-18-11-21-23/h3-9,11-12,19H,2,10H2,1H3. The molecule has 0 unspecified atom stereocenters. The Bertz CT molecular complexity index is 939. The van der Waals surface area contributed by atoms with Gasteiger partial charge in [-0.15, -0.1) is 0 Å². The summed E-state index contributed by atoms with van der Waals surface area (Å²) in [5.74, 6) is 0.946. The van der Waals surface area contributed by atoms with E-state index in [0.717, 1.165) is 29.3 Å². The molecule has 0 saturated carbocycles. The SMILES string of the molecule is CCc1cc(NCc2ccc(-n3cncn3)cc2)n2nccc2n1. The monoisotopic (exact) mass is 319 g/mol. The fourth-order valence-electron chi connectivity index (χ4n) is 2.57. The van der Waals surface area contributed by atoms with Crippen molar-refractivity contribution in [2.45, 2.75) is 19.9 Å². The number of nitrogens with one attached hydrogen (secondary N) is 1. The van der Waals surface area contributed by atoms with E-state index in [9.17, 15) is 0 Å². The molecule has 1 N–H and O–H groups in total. The Morgan fingerprint density at radius 1 is 1.08 bits per heavy atom. The highest BCUT2D eigenvalue weighted by Gasteiger charge is 2.05. The molecule has 4 aromatic rings. The molecule has 0 bridgehead atoms. The van der Waals surface area contributed by atoms with E-state index in [-0.39, 0.29) is 0 Å². The van der Waals surface area contributed by atoms with Gasteiger partial charge in [-0.05, 0) is 24.1 Å². The first kappa shape index (κ1) is 14.4. The summed E-state index contributed by atoms with van der Waals surface area (Å²) in [6.07, 6.45) is 5.87. The molecule has 0 aliphatic rings. The van der Waals surface area contributed by atoms with Crippen molar-refractivity contribution >= 4 is 11.5 Å². The number of anilines is 1. The Labute approximate surface area is 139 Å². The van der Waals surface area contributed by atoms with Crippen LogP contribution in [0.4, 0.5) is 5.82 Å². The zero-order chi connectivity index (χ0) is 16.4. The zero-order valence-corrected chi connectivity index (χ0v) is 13.3. The van der Waals surface area contributed by atoms with Crippen LogP contribution in [0.25, 0.3) is 11.3 Å². The number of rotatable bonds is 5. The fraction of sp³-hybridized carbons (Fsp3) is 0.176. The number of hydrogen-bond acceptors (Lipinski definition) is 5. The second-order valence-electron chi connectivity index (χ2n) is 5.45. The number of aromatic nitrogens is 6. The van der Waals surface area contributed by atoms with E-state index in [4.69, 9.17) is 0 Å². The van der Waals surface area contributed by atoms with Crippen LogP contribution in [0.3, 0.4) is 0 Å². The Morgan fingerprint density at radius 2 is 1.96 bits per heavy atom. The summed E-state index contributed by atoms with van der Waals surface area (Å²) in [7, 11) is 0. The molecule has 7 nitrogen and oxygen atoms in total. The van der Waals surface area contributed by atoms with Crippen molar-refractivity contribution in [3.05, 3.63) is 66.5 Å². The van der Waals surface area contributed by atoms with Crippen LogP contribution in [0.5, 0.6) is 0 Å². The average molecular weight is 319 g/mol. The summed E-state index contributed by atoms with van der Waals surface area (Å²) >= 11 is 0. The lowest BCUT2D eigenvalue weighted by atomic mass is 10.2. The van der Waals surface area contributed by atoms with Crippen LogP contribution in [0.2, 0.25) is 0 Å². The molecule has 0 amide bonds. The van der Waals surface area contributed by atoms with Gasteiger partial charge in [0, 0.05) is 24.4 Å². The summed E-state index contributed by atoms with van der Waals surface area (Å²) in [5.41, 5.74) is 4.07. The van der Waals surface area contributed by atoms with Gasteiger partial charge in [-0.1, -0.05) is 19.1 Å². The molecule has 24 heavy (non-hydrogen) atoms. The molecule has 0 atom stereocenters. The van der Waals surface area contributed by atoms with Crippen LogP contribution in [-0.2, 0) is 13.0 Å². The molecule has 1 aromatic carbocycles. The van der Waals surface area contributed by atoms with Gasteiger partial charge in [0.2, 0.25) is 0 Å². The minimum Gasteiger partial charge on any atom is -0.366 e. The average Bonchev–Trinajstić information content (AvgIpc) is 3.31. The highest BCUT2D eigenvalue weighted by Crippen LogP contribution is 2.15. The molecule has 4 rings (SSSR count). The van der Waals surface area contributed by atoms with Gasteiger partial charge < -0.3 is 5.32 Å². The van der Waals surface area contributed by atoms with Crippen molar-refractivity contribution in [2.24, 2.45) is 0 Å². The molecule has 0 radical (unpaired) electrons. The highest BCUT2D eigenvalue weighted by atomic mass is 15.3. The van der Waals surface area contributed by atoms with Crippen LogP contribution in [-0.4, -0.2) is 29.4 Å². The third-order valence-electron chi connectivity index (χ3n) is 3.87. The van der Waals surface area contributed by atoms with Crippen LogP contribution in [0.1, 0.15) is 18.2 Å². The van der Waals surface area contributed by atoms with E-state index in [1.165, 1.54) is 11.9 Å². The normalized spacial score (nSPS) is 11.0. The van der Waals surface area contributed by atoms with Crippen molar-refractivity contribution in [3.63, 3.8) is 0 Å². The summed E-state index contributed by atoms with van der Waals surface area (Å²) in [6.45, 7) is 2.81. The highest BCUT2D eigenvalue weighted by molar-refractivity contribution is 5.49. The molecule has 0 saturated heterocycles. The Kier molecular flexibility index (Phi) is 3.66. The van der Waals surface area contributed by atoms with Crippen LogP contribution in [0.15, 0.2) is 55.2 Å². The van der Waals surface area contributed by atoms with E-state index in [2.05, 4.69) is 44.5 Å². The number of aryl methyl sites for hydroxylation is 1. The van der Waals surface area contributed by atoms with Crippen molar-refractivity contribution < 1.29 is 0 Å². The van der Waals surface area contributed by atoms with Gasteiger partial charge in [0.1, 0.15) is 18.5 Å². The van der Waals surface area contributed by atoms with Crippen LogP contribution < -0.4 is 5.32 Å². The molecular formula is C17H17N7. The predicted molar refractivity (Wildman–Crippen MR) is 91.1 cm³/mol. The third kappa shape index (κ3) is 2.71. The van der Waals surface area contributed by atoms with Gasteiger partial charge in [0.25, 0.3) is 0 Å². The summed E-state index contributed by atoms with van der Waals surface area (Å²) in [5, 5.41) is 11.9. The number of benzene rings is 1. The number of nitrogens with zero attached hydrogens (tertiary/aromatic N) is 6. The van der Waals surface area contributed by atoms with Gasteiger partial charge in [0.05, 0.1) is 11.9 Å². The fourth-order valence-corrected chi connectivity index (χ4v) is 2.57. The predicted octanol–water partition coefficient (Wildman–Crippen LogP) is 2.48. The maximum absolute atomic E-state index is 4.55. The molecule has 7 heteroatoms. The van der Waals surface area contributed by atoms with Gasteiger partial charge in [0.15, 0.2) is 5.65 Å². The van der Waals surface area contributed by atoms with E-state index in [0.29, 0.717) is 6.54 Å². The molecule has 120 valence electrons. The number of hydrogen-bond donors (Lipinski definition) is 1. The first-order valence-corrected chi connectivity index (χ1v) is 7.85. The smallest absolute Gasteiger partial charge is 0.157 e. The number of fused-ring (bicyclic) bond motifs is 1. The van der Waals surface area contributed by atoms with E-state index in [1.807, 2.05) is 28.8 Å². The van der Waals surface area contributed by atoms with Gasteiger partial charge in [-0.25, -0.2) is 14.6 Å². The van der Waals surface area contributed by atoms with Crippen molar-refractivity contribution in [1.29, 1.82) is 0 Å². The van der Waals surface area contributed by atoms with Gasteiger partial charge in [-0.2, -0.15) is 14.7 Å². The lowest BCUT2D eigenvalue weighted by molar-refractivity contribution is 0.876. The Hall–Kier alpha value is -3.22.